The van der Waals surface area contributed by atoms with Crippen molar-refractivity contribution in [2.45, 2.75) is 20.8 Å². The van der Waals surface area contributed by atoms with Crippen molar-refractivity contribution in [3.8, 4) is 0 Å². The van der Waals surface area contributed by atoms with Gasteiger partial charge in [-0.05, 0) is 18.9 Å². The van der Waals surface area contributed by atoms with E-state index >= 15 is 0 Å². The molecular weight excluding hydrogens is 234 g/mol. The number of aryl methyl sites for hydroxylation is 1. The molecule has 0 radical (unpaired) electrons. The van der Waals surface area contributed by atoms with E-state index in [0.29, 0.717) is 25.5 Å². The van der Waals surface area contributed by atoms with E-state index in [1.54, 1.807) is 7.05 Å². The van der Waals surface area contributed by atoms with Crippen LogP contribution in [0.4, 0.5) is 11.5 Å². The number of nitrogens with zero attached hydrogens (tertiary/aromatic N) is 4. The molecule has 1 aromatic rings. The largest absolute Gasteiger partial charge is 0.349 e. The zero-order chi connectivity index (χ0) is 13.9. The summed E-state index contributed by atoms with van der Waals surface area (Å²) in [6, 6.07) is 0. The first-order valence-corrected chi connectivity index (χ1v) is 5.93. The lowest BCUT2D eigenvalue weighted by Crippen LogP contribution is -2.39. The highest BCUT2D eigenvalue weighted by atomic mass is 16.6. The zero-order valence-electron chi connectivity index (χ0n) is 11.4. The van der Waals surface area contributed by atoms with Gasteiger partial charge in [0, 0.05) is 20.1 Å². The lowest BCUT2D eigenvalue weighted by atomic mass is 9.93. The average molecular weight is 255 g/mol. The van der Waals surface area contributed by atoms with Gasteiger partial charge in [0.1, 0.15) is 6.20 Å². The molecule has 18 heavy (non-hydrogen) atoms. The molecule has 2 N–H and O–H groups in total. The molecule has 0 saturated carbocycles. The minimum atomic E-state index is -0.402. The van der Waals surface area contributed by atoms with E-state index in [4.69, 9.17) is 5.73 Å². The van der Waals surface area contributed by atoms with Crippen molar-refractivity contribution >= 4 is 11.5 Å². The number of rotatable bonds is 6. The van der Waals surface area contributed by atoms with E-state index in [0.717, 1.165) is 0 Å². The minimum absolute atomic E-state index is 0.0344. The van der Waals surface area contributed by atoms with E-state index in [-0.39, 0.29) is 11.1 Å². The first kappa shape index (κ1) is 14.4. The van der Waals surface area contributed by atoms with E-state index in [9.17, 15) is 10.1 Å². The highest BCUT2D eigenvalue weighted by Crippen LogP contribution is 2.28. The first-order chi connectivity index (χ1) is 8.30. The van der Waals surface area contributed by atoms with Gasteiger partial charge >= 0.3 is 5.69 Å². The molecule has 1 rings (SSSR count). The summed E-state index contributed by atoms with van der Waals surface area (Å²) in [6.45, 7) is 7.82. The third-order valence-corrected chi connectivity index (χ3v) is 2.84. The Balaban J connectivity index is 3.05. The second-order valence-electron chi connectivity index (χ2n) is 5.15. The van der Waals surface area contributed by atoms with Gasteiger partial charge in [-0.3, -0.25) is 14.8 Å². The second-order valence-corrected chi connectivity index (χ2v) is 5.15. The fourth-order valence-electron chi connectivity index (χ4n) is 1.74. The smallest absolute Gasteiger partial charge is 0.330 e. The molecule has 7 heteroatoms. The topological polar surface area (TPSA) is 90.2 Å². The van der Waals surface area contributed by atoms with Gasteiger partial charge in [0.25, 0.3) is 0 Å². The maximum Gasteiger partial charge on any atom is 0.330 e. The zero-order valence-corrected chi connectivity index (χ0v) is 11.4. The van der Waals surface area contributed by atoms with Crippen molar-refractivity contribution in [3.05, 3.63) is 16.3 Å². The van der Waals surface area contributed by atoms with Crippen LogP contribution in [0.3, 0.4) is 0 Å². The van der Waals surface area contributed by atoms with Crippen molar-refractivity contribution in [2.75, 3.05) is 24.5 Å². The summed E-state index contributed by atoms with van der Waals surface area (Å²) >= 11 is 0. The van der Waals surface area contributed by atoms with Gasteiger partial charge in [-0.25, -0.2) is 0 Å². The molecular formula is C11H21N5O2. The summed E-state index contributed by atoms with van der Waals surface area (Å²) < 4.78 is 1.46. The summed E-state index contributed by atoms with van der Waals surface area (Å²) in [4.78, 5) is 12.5. The maximum absolute atomic E-state index is 11.0. The Hall–Kier alpha value is -1.63. The summed E-state index contributed by atoms with van der Waals surface area (Å²) in [5.41, 5.74) is 5.63. The number of nitro groups is 1. The van der Waals surface area contributed by atoms with Gasteiger partial charge in [-0.1, -0.05) is 13.8 Å². The predicted octanol–water partition coefficient (Wildman–Crippen LogP) is 1.14. The first-order valence-electron chi connectivity index (χ1n) is 5.93. The highest BCUT2D eigenvalue weighted by Gasteiger charge is 2.27. The molecule has 102 valence electrons. The van der Waals surface area contributed by atoms with Crippen LogP contribution >= 0.6 is 0 Å². The second kappa shape index (κ2) is 5.34. The maximum atomic E-state index is 11.0. The van der Waals surface area contributed by atoms with Crippen LogP contribution in [0.25, 0.3) is 0 Å². The van der Waals surface area contributed by atoms with E-state index in [1.165, 1.54) is 10.9 Å². The van der Waals surface area contributed by atoms with Crippen molar-refractivity contribution in [1.82, 2.24) is 9.78 Å². The standard InChI is InChI=1S/C11H21N5O2/c1-5-15(8-11(2,3)7-12)10-9(16(17)18)6-14(4)13-10/h6H,5,7-8,12H2,1-4H3. The molecule has 0 aliphatic rings. The molecule has 0 saturated heterocycles. The number of anilines is 1. The molecule has 7 nitrogen and oxygen atoms in total. The van der Waals surface area contributed by atoms with Crippen LogP contribution in [-0.4, -0.2) is 34.3 Å². The van der Waals surface area contributed by atoms with Crippen LogP contribution in [0, 0.1) is 15.5 Å². The fraction of sp³-hybridized carbons (Fsp3) is 0.727. The molecule has 0 atom stereocenters. The Morgan fingerprint density at radius 3 is 2.67 bits per heavy atom. The van der Waals surface area contributed by atoms with E-state index < -0.39 is 4.92 Å². The molecule has 1 aromatic heterocycles. The van der Waals surface area contributed by atoms with Gasteiger partial charge < -0.3 is 10.6 Å². The van der Waals surface area contributed by atoms with Crippen molar-refractivity contribution in [2.24, 2.45) is 18.2 Å². The Morgan fingerprint density at radius 1 is 1.61 bits per heavy atom. The Kier molecular flexibility index (Phi) is 4.28. The normalized spacial score (nSPS) is 11.6. The SMILES string of the molecule is CCN(CC(C)(C)CN)c1nn(C)cc1[N+](=O)[O-]. The fourth-order valence-corrected chi connectivity index (χ4v) is 1.74. The molecule has 1 heterocycles. The highest BCUT2D eigenvalue weighted by molar-refractivity contribution is 5.56. The summed E-state index contributed by atoms with van der Waals surface area (Å²) in [6.07, 6.45) is 1.42. The number of hydrogen-bond acceptors (Lipinski definition) is 5. The number of aromatic nitrogens is 2. The third-order valence-electron chi connectivity index (χ3n) is 2.84. The number of nitrogens with two attached hydrogens (primary N) is 1. The minimum Gasteiger partial charge on any atom is -0.349 e. The molecule has 0 spiro atoms. The molecule has 0 amide bonds. The molecule has 0 bridgehead atoms. The van der Waals surface area contributed by atoms with Crippen LogP contribution < -0.4 is 10.6 Å². The summed E-state index contributed by atoms with van der Waals surface area (Å²) in [5.74, 6) is 0.409. The van der Waals surface area contributed by atoms with Crippen LogP contribution in [0.5, 0.6) is 0 Å². The predicted molar refractivity (Wildman–Crippen MR) is 70.6 cm³/mol. The van der Waals surface area contributed by atoms with Gasteiger partial charge in [-0.2, -0.15) is 0 Å². The lowest BCUT2D eigenvalue weighted by Gasteiger charge is -2.30. The average Bonchev–Trinajstić information content (AvgIpc) is 2.68. The molecule has 0 aromatic carbocycles. The third kappa shape index (κ3) is 3.19. The lowest BCUT2D eigenvalue weighted by molar-refractivity contribution is -0.384. The van der Waals surface area contributed by atoms with Crippen molar-refractivity contribution in [3.63, 3.8) is 0 Å². The molecule has 0 aliphatic carbocycles. The van der Waals surface area contributed by atoms with Gasteiger partial charge in [0.15, 0.2) is 0 Å². The monoisotopic (exact) mass is 255 g/mol. The van der Waals surface area contributed by atoms with Crippen LogP contribution in [0.2, 0.25) is 0 Å². The van der Waals surface area contributed by atoms with Crippen LogP contribution in [0.1, 0.15) is 20.8 Å². The quantitative estimate of drug-likeness (QED) is 0.608. The van der Waals surface area contributed by atoms with Crippen molar-refractivity contribution in [1.29, 1.82) is 0 Å². The molecule has 0 unspecified atom stereocenters. The van der Waals surface area contributed by atoms with E-state index in [1.807, 2.05) is 25.7 Å². The molecule has 0 aliphatic heterocycles. The van der Waals surface area contributed by atoms with Gasteiger partial charge in [0.2, 0.25) is 5.82 Å². The van der Waals surface area contributed by atoms with E-state index in [2.05, 4.69) is 5.10 Å². The van der Waals surface area contributed by atoms with Gasteiger partial charge in [0.05, 0.1) is 4.92 Å². The van der Waals surface area contributed by atoms with Gasteiger partial charge in [-0.15, -0.1) is 5.10 Å². The summed E-state index contributed by atoms with van der Waals surface area (Å²) in [7, 11) is 1.68. The Labute approximate surface area is 107 Å². The Morgan fingerprint density at radius 2 is 2.22 bits per heavy atom. The Bertz CT molecular complexity index is 427. The number of hydrogen-bond donors (Lipinski definition) is 1. The van der Waals surface area contributed by atoms with Crippen molar-refractivity contribution < 1.29 is 4.92 Å². The van der Waals surface area contributed by atoms with Crippen LogP contribution in [0.15, 0.2) is 6.20 Å². The molecule has 0 fully saturated rings. The summed E-state index contributed by atoms with van der Waals surface area (Å²) in [5, 5.41) is 15.2. The van der Waals surface area contributed by atoms with Crippen LogP contribution in [-0.2, 0) is 7.05 Å².